The van der Waals surface area contributed by atoms with Crippen molar-refractivity contribution in [3.63, 3.8) is 0 Å². The molecule has 1 atom stereocenters. The van der Waals surface area contributed by atoms with E-state index < -0.39 is 0 Å². The number of para-hydroxylation sites is 1. The number of benzene rings is 3. The number of hydrogen-bond acceptors (Lipinski definition) is 5. The average molecular weight is 419 g/mol. The van der Waals surface area contributed by atoms with Crippen LogP contribution < -0.4 is 19.5 Å². The number of hydrogen-bond donors (Lipinski definition) is 1. The molecule has 0 aromatic heterocycles. The van der Waals surface area contributed by atoms with Crippen LogP contribution in [-0.2, 0) is 0 Å². The third-order valence-corrected chi connectivity index (χ3v) is 5.63. The van der Waals surface area contributed by atoms with Crippen molar-refractivity contribution in [3.05, 3.63) is 83.9 Å². The molecule has 1 unspecified atom stereocenters. The minimum Gasteiger partial charge on any atom is -0.497 e. The van der Waals surface area contributed by atoms with E-state index in [4.69, 9.17) is 14.2 Å². The van der Waals surface area contributed by atoms with E-state index in [0.29, 0.717) is 0 Å². The largest absolute Gasteiger partial charge is 0.497 e. The highest BCUT2D eigenvalue weighted by Gasteiger charge is 2.26. The van der Waals surface area contributed by atoms with Crippen LogP contribution in [0.1, 0.15) is 23.6 Å². The molecule has 1 aliphatic rings. The lowest BCUT2D eigenvalue weighted by molar-refractivity contribution is 0.235. The normalized spacial score (nSPS) is 15.7. The summed E-state index contributed by atoms with van der Waals surface area (Å²) in [4.78, 5) is 2.52. The summed E-state index contributed by atoms with van der Waals surface area (Å²) in [5.41, 5.74) is 2.31. The lowest BCUT2D eigenvalue weighted by atomic mass is 9.95. The Morgan fingerprint density at radius 3 is 2.42 bits per heavy atom. The average Bonchev–Trinajstić information content (AvgIpc) is 3.10. The Bertz CT molecular complexity index is 969. The summed E-state index contributed by atoms with van der Waals surface area (Å²) in [7, 11) is 3.39. The molecule has 3 aromatic carbocycles. The van der Waals surface area contributed by atoms with Gasteiger partial charge in [-0.15, -0.1) is 0 Å². The zero-order valence-corrected chi connectivity index (χ0v) is 18.2. The van der Waals surface area contributed by atoms with Gasteiger partial charge in [-0.1, -0.05) is 30.3 Å². The Kier molecular flexibility index (Phi) is 7.07. The highest BCUT2D eigenvalue weighted by atomic mass is 16.5. The van der Waals surface area contributed by atoms with Crippen molar-refractivity contribution in [1.29, 1.82) is 0 Å². The fourth-order valence-corrected chi connectivity index (χ4v) is 4.13. The second-order valence-corrected chi connectivity index (χ2v) is 7.64. The number of methoxy groups -OCH3 is 2. The number of nitrogens with one attached hydrogen (secondary N) is 1. The standard InChI is InChI=1S/C26H30N2O3/c1-29-22-12-13-24(25(19-22)30-2)26(28-16-7-14-27-15-17-28)20-8-6-11-23(18-20)31-21-9-4-3-5-10-21/h3-6,8-13,18-19,26-27H,7,14-17H2,1-2H3. The number of nitrogens with zero attached hydrogens (tertiary/aromatic N) is 1. The Hall–Kier alpha value is -3.02. The fourth-order valence-electron chi connectivity index (χ4n) is 4.13. The van der Waals surface area contributed by atoms with Gasteiger partial charge in [0.1, 0.15) is 23.0 Å². The molecule has 0 radical (unpaired) electrons. The number of rotatable bonds is 7. The van der Waals surface area contributed by atoms with Gasteiger partial charge >= 0.3 is 0 Å². The molecule has 5 heteroatoms. The van der Waals surface area contributed by atoms with Crippen LogP contribution >= 0.6 is 0 Å². The predicted molar refractivity (Wildman–Crippen MR) is 123 cm³/mol. The summed E-state index contributed by atoms with van der Waals surface area (Å²) in [6.45, 7) is 3.98. The smallest absolute Gasteiger partial charge is 0.127 e. The van der Waals surface area contributed by atoms with Gasteiger partial charge in [-0.2, -0.15) is 0 Å². The highest BCUT2D eigenvalue weighted by molar-refractivity contribution is 5.47. The molecule has 0 amide bonds. The van der Waals surface area contributed by atoms with E-state index in [0.717, 1.165) is 61.2 Å². The summed E-state index contributed by atoms with van der Waals surface area (Å²) in [6, 6.07) is 24.4. The van der Waals surface area contributed by atoms with Crippen LogP contribution in [0.5, 0.6) is 23.0 Å². The highest BCUT2D eigenvalue weighted by Crippen LogP contribution is 2.38. The van der Waals surface area contributed by atoms with E-state index in [-0.39, 0.29) is 6.04 Å². The van der Waals surface area contributed by atoms with E-state index in [9.17, 15) is 0 Å². The van der Waals surface area contributed by atoms with Crippen LogP contribution in [-0.4, -0.2) is 45.3 Å². The third-order valence-electron chi connectivity index (χ3n) is 5.63. The maximum absolute atomic E-state index is 6.13. The van der Waals surface area contributed by atoms with E-state index >= 15 is 0 Å². The Balaban J connectivity index is 1.73. The van der Waals surface area contributed by atoms with Crippen LogP contribution in [0.4, 0.5) is 0 Å². The molecule has 31 heavy (non-hydrogen) atoms. The second kappa shape index (κ2) is 10.3. The van der Waals surface area contributed by atoms with Crippen molar-refractivity contribution in [1.82, 2.24) is 10.2 Å². The summed E-state index contributed by atoms with van der Waals surface area (Å²) in [5, 5.41) is 3.51. The maximum atomic E-state index is 6.13. The molecule has 0 spiro atoms. The molecule has 0 saturated carbocycles. The summed E-state index contributed by atoms with van der Waals surface area (Å²) < 4.78 is 17.3. The van der Waals surface area contributed by atoms with E-state index in [1.807, 2.05) is 48.5 Å². The van der Waals surface area contributed by atoms with Gasteiger partial charge in [0, 0.05) is 31.3 Å². The first kappa shape index (κ1) is 21.2. The third kappa shape index (κ3) is 5.19. The van der Waals surface area contributed by atoms with Gasteiger partial charge in [0.25, 0.3) is 0 Å². The number of ether oxygens (including phenoxy) is 3. The van der Waals surface area contributed by atoms with Crippen molar-refractivity contribution in [2.45, 2.75) is 12.5 Å². The zero-order chi connectivity index (χ0) is 21.5. The van der Waals surface area contributed by atoms with E-state index in [2.05, 4.69) is 34.5 Å². The van der Waals surface area contributed by atoms with Crippen molar-refractivity contribution < 1.29 is 14.2 Å². The van der Waals surface area contributed by atoms with Crippen LogP contribution in [0.25, 0.3) is 0 Å². The van der Waals surface area contributed by atoms with Gasteiger partial charge in [0.2, 0.25) is 0 Å². The lowest BCUT2D eigenvalue weighted by Crippen LogP contribution is -2.33. The first-order valence-corrected chi connectivity index (χ1v) is 10.8. The molecular formula is C26H30N2O3. The molecule has 4 rings (SSSR count). The first-order valence-electron chi connectivity index (χ1n) is 10.8. The maximum Gasteiger partial charge on any atom is 0.127 e. The van der Waals surface area contributed by atoms with Gasteiger partial charge in [0.05, 0.1) is 20.3 Å². The molecule has 1 aliphatic heterocycles. The molecular weight excluding hydrogens is 388 g/mol. The lowest BCUT2D eigenvalue weighted by Gasteiger charge is -2.32. The molecule has 0 aliphatic carbocycles. The van der Waals surface area contributed by atoms with Crippen molar-refractivity contribution in [3.8, 4) is 23.0 Å². The Morgan fingerprint density at radius 1 is 0.774 bits per heavy atom. The first-order chi connectivity index (χ1) is 15.3. The molecule has 0 bridgehead atoms. The topological polar surface area (TPSA) is 43.0 Å². The zero-order valence-electron chi connectivity index (χ0n) is 18.2. The van der Waals surface area contributed by atoms with Gasteiger partial charge in [0.15, 0.2) is 0 Å². The van der Waals surface area contributed by atoms with E-state index in [1.54, 1.807) is 14.2 Å². The van der Waals surface area contributed by atoms with Crippen molar-refractivity contribution in [2.24, 2.45) is 0 Å². The molecule has 1 heterocycles. The van der Waals surface area contributed by atoms with Gasteiger partial charge in [-0.25, -0.2) is 0 Å². The van der Waals surface area contributed by atoms with Gasteiger partial charge in [-0.3, -0.25) is 4.90 Å². The van der Waals surface area contributed by atoms with Crippen LogP contribution in [0.15, 0.2) is 72.8 Å². The second-order valence-electron chi connectivity index (χ2n) is 7.64. The molecule has 3 aromatic rings. The monoisotopic (exact) mass is 418 g/mol. The van der Waals surface area contributed by atoms with Gasteiger partial charge < -0.3 is 19.5 Å². The SMILES string of the molecule is COc1ccc(C(c2cccc(Oc3ccccc3)c2)N2CCCNCC2)c(OC)c1. The molecule has 162 valence electrons. The molecule has 5 nitrogen and oxygen atoms in total. The van der Waals surface area contributed by atoms with Crippen LogP contribution in [0, 0.1) is 0 Å². The summed E-state index contributed by atoms with van der Waals surface area (Å²) >= 11 is 0. The molecule has 1 saturated heterocycles. The van der Waals surface area contributed by atoms with Crippen molar-refractivity contribution in [2.75, 3.05) is 40.4 Å². The summed E-state index contributed by atoms with van der Waals surface area (Å²) in [6.07, 6.45) is 1.11. The quantitative estimate of drug-likeness (QED) is 0.592. The van der Waals surface area contributed by atoms with Crippen LogP contribution in [0.3, 0.4) is 0 Å². The van der Waals surface area contributed by atoms with E-state index in [1.165, 1.54) is 5.56 Å². The molecule has 1 fully saturated rings. The Morgan fingerprint density at radius 2 is 1.61 bits per heavy atom. The van der Waals surface area contributed by atoms with Crippen LogP contribution in [0.2, 0.25) is 0 Å². The molecule has 1 N–H and O–H groups in total. The minimum atomic E-state index is 0.0556. The van der Waals surface area contributed by atoms with Crippen molar-refractivity contribution >= 4 is 0 Å². The van der Waals surface area contributed by atoms with Gasteiger partial charge in [-0.05, 0) is 54.9 Å². The Labute approximate surface area is 184 Å². The fraction of sp³-hybridized carbons (Fsp3) is 0.308. The predicted octanol–water partition coefficient (Wildman–Crippen LogP) is 4.88. The minimum absolute atomic E-state index is 0.0556. The summed E-state index contributed by atoms with van der Waals surface area (Å²) in [5.74, 6) is 3.28.